The maximum Gasteiger partial charge on any atom is 0.192 e. The molecule has 0 aliphatic carbocycles. The van der Waals surface area contributed by atoms with Crippen LogP contribution < -0.4 is 10.6 Å². The van der Waals surface area contributed by atoms with Crippen molar-refractivity contribution in [2.75, 3.05) is 26.2 Å². The summed E-state index contributed by atoms with van der Waals surface area (Å²) < 4.78 is 0. The Kier molecular flexibility index (Phi) is 6.00. The zero-order valence-electron chi connectivity index (χ0n) is 12.0. The van der Waals surface area contributed by atoms with E-state index in [1.165, 1.54) is 0 Å². The van der Waals surface area contributed by atoms with Crippen LogP contribution in [0.5, 0.6) is 0 Å². The van der Waals surface area contributed by atoms with Crippen molar-refractivity contribution in [1.29, 1.82) is 0 Å². The first-order valence-electron chi connectivity index (χ1n) is 6.80. The lowest BCUT2D eigenvalue weighted by atomic mass is 10.1. The van der Waals surface area contributed by atoms with Gasteiger partial charge in [0.25, 0.3) is 0 Å². The van der Waals surface area contributed by atoms with Gasteiger partial charge in [0.1, 0.15) is 6.54 Å². The Morgan fingerprint density at radius 1 is 1.50 bits per heavy atom. The van der Waals surface area contributed by atoms with Crippen molar-refractivity contribution >= 4 is 5.96 Å². The number of terminal acetylenes is 1. The fourth-order valence-corrected chi connectivity index (χ4v) is 2.23. The van der Waals surface area contributed by atoms with E-state index in [0.29, 0.717) is 24.5 Å². The van der Waals surface area contributed by atoms with Gasteiger partial charge in [0.05, 0.1) is 0 Å². The summed E-state index contributed by atoms with van der Waals surface area (Å²) in [6.07, 6.45) is 5.25. The van der Waals surface area contributed by atoms with Gasteiger partial charge in [-0.2, -0.15) is 0 Å². The van der Waals surface area contributed by atoms with Gasteiger partial charge >= 0.3 is 0 Å². The molecule has 2 N–H and O–H groups in total. The monoisotopic (exact) mass is 250 g/mol. The van der Waals surface area contributed by atoms with Gasteiger partial charge in [-0.05, 0) is 26.7 Å². The van der Waals surface area contributed by atoms with Crippen LogP contribution in [0.3, 0.4) is 0 Å². The van der Waals surface area contributed by atoms with E-state index in [1.54, 1.807) is 0 Å². The fraction of sp³-hybridized carbons (Fsp3) is 0.786. The van der Waals surface area contributed by atoms with Crippen molar-refractivity contribution in [3.05, 3.63) is 0 Å². The molecular weight excluding hydrogens is 224 g/mol. The number of guanidine groups is 1. The quantitative estimate of drug-likeness (QED) is 0.442. The average Bonchev–Trinajstić information content (AvgIpc) is 2.68. The summed E-state index contributed by atoms with van der Waals surface area (Å²) in [6.45, 7) is 12.3. The van der Waals surface area contributed by atoms with Crippen LogP contribution in [0, 0.1) is 18.3 Å². The molecular formula is C14H26N4. The highest BCUT2D eigenvalue weighted by molar-refractivity contribution is 5.80. The molecule has 0 aromatic heterocycles. The Morgan fingerprint density at radius 3 is 2.72 bits per heavy atom. The summed E-state index contributed by atoms with van der Waals surface area (Å²) in [5, 5.41) is 6.72. The van der Waals surface area contributed by atoms with E-state index < -0.39 is 0 Å². The van der Waals surface area contributed by atoms with E-state index in [0.717, 1.165) is 25.6 Å². The van der Waals surface area contributed by atoms with Crippen molar-refractivity contribution in [3.63, 3.8) is 0 Å². The number of likely N-dealkylation sites (tertiary alicyclic amines) is 1. The first-order valence-corrected chi connectivity index (χ1v) is 6.80. The molecule has 2 atom stereocenters. The lowest BCUT2D eigenvalue weighted by molar-refractivity contribution is 0.265. The van der Waals surface area contributed by atoms with Crippen molar-refractivity contribution < 1.29 is 0 Å². The van der Waals surface area contributed by atoms with Crippen LogP contribution in [-0.4, -0.2) is 49.1 Å². The number of rotatable bonds is 4. The average molecular weight is 250 g/mol. The van der Waals surface area contributed by atoms with Crippen LogP contribution in [-0.2, 0) is 0 Å². The Morgan fingerprint density at radius 2 is 2.22 bits per heavy atom. The smallest absolute Gasteiger partial charge is 0.192 e. The van der Waals surface area contributed by atoms with Gasteiger partial charge < -0.3 is 10.6 Å². The molecule has 0 aromatic rings. The standard InChI is InChI=1S/C14H26N4/c1-6-8-16-14(15-7-2)17-13-10-18(11(3)4)9-12(13)5/h1,11-13H,7-10H2,2-5H3,(H2,15,16,17). The molecule has 4 heteroatoms. The van der Waals surface area contributed by atoms with Crippen LogP contribution in [0.15, 0.2) is 4.99 Å². The first kappa shape index (κ1) is 14.8. The Labute approximate surface area is 111 Å². The molecule has 1 heterocycles. The van der Waals surface area contributed by atoms with E-state index in [4.69, 9.17) is 6.42 Å². The number of nitrogens with one attached hydrogen (secondary N) is 2. The minimum absolute atomic E-state index is 0.421. The maximum atomic E-state index is 5.25. The van der Waals surface area contributed by atoms with E-state index in [9.17, 15) is 0 Å². The lowest BCUT2D eigenvalue weighted by Crippen LogP contribution is -2.46. The van der Waals surface area contributed by atoms with Crippen molar-refractivity contribution in [1.82, 2.24) is 15.5 Å². The number of hydrogen-bond acceptors (Lipinski definition) is 2. The van der Waals surface area contributed by atoms with Crippen molar-refractivity contribution in [3.8, 4) is 12.3 Å². The summed E-state index contributed by atoms with van der Waals surface area (Å²) >= 11 is 0. The Bertz CT molecular complexity index is 316. The molecule has 18 heavy (non-hydrogen) atoms. The third kappa shape index (κ3) is 4.23. The normalized spacial score (nSPS) is 25.2. The van der Waals surface area contributed by atoms with Crippen molar-refractivity contribution in [2.45, 2.75) is 39.8 Å². The van der Waals surface area contributed by atoms with Gasteiger partial charge in [0.15, 0.2) is 5.96 Å². The zero-order chi connectivity index (χ0) is 13.5. The molecule has 0 aromatic carbocycles. The summed E-state index contributed by atoms with van der Waals surface area (Å²) in [7, 11) is 0. The molecule has 0 spiro atoms. The van der Waals surface area contributed by atoms with Gasteiger partial charge in [-0.3, -0.25) is 4.90 Å². The number of nitrogens with zero attached hydrogens (tertiary/aromatic N) is 2. The summed E-state index contributed by atoms with van der Waals surface area (Å²) in [5.41, 5.74) is 0. The summed E-state index contributed by atoms with van der Waals surface area (Å²) in [6, 6.07) is 1.05. The Hall–Kier alpha value is -1.21. The highest BCUT2D eigenvalue weighted by Gasteiger charge is 2.31. The highest BCUT2D eigenvalue weighted by Crippen LogP contribution is 2.18. The molecule has 1 aliphatic heterocycles. The molecule has 1 aliphatic rings. The predicted molar refractivity (Wildman–Crippen MR) is 77.6 cm³/mol. The predicted octanol–water partition coefficient (Wildman–Crippen LogP) is 0.903. The van der Waals surface area contributed by atoms with Gasteiger partial charge in [-0.15, -0.1) is 6.42 Å². The lowest BCUT2D eigenvalue weighted by Gasteiger charge is -2.21. The molecule has 1 fully saturated rings. The molecule has 0 bridgehead atoms. The minimum atomic E-state index is 0.421. The molecule has 0 amide bonds. The largest absolute Gasteiger partial charge is 0.357 e. The summed E-state index contributed by atoms with van der Waals surface area (Å²) in [5.74, 6) is 4.00. The third-order valence-electron chi connectivity index (χ3n) is 3.37. The van der Waals surface area contributed by atoms with Crippen LogP contribution in [0.25, 0.3) is 0 Å². The molecule has 1 rings (SSSR count). The maximum absolute atomic E-state index is 5.25. The van der Waals surface area contributed by atoms with E-state index >= 15 is 0 Å². The van der Waals surface area contributed by atoms with Crippen LogP contribution >= 0.6 is 0 Å². The van der Waals surface area contributed by atoms with Gasteiger partial charge in [0, 0.05) is 31.7 Å². The third-order valence-corrected chi connectivity index (χ3v) is 3.37. The van der Waals surface area contributed by atoms with E-state index in [1.807, 2.05) is 0 Å². The van der Waals surface area contributed by atoms with Crippen molar-refractivity contribution in [2.24, 2.45) is 10.9 Å². The zero-order valence-corrected chi connectivity index (χ0v) is 12.0. The second-order valence-corrected chi connectivity index (χ2v) is 5.18. The van der Waals surface area contributed by atoms with Gasteiger partial charge in [0.2, 0.25) is 0 Å². The van der Waals surface area contributed by atoms with Crippen LogP contribution in [0.4, 0.5) is 0 Å². The Balaban J connectivity index is 2.56. The highest BCUT2D eigenvalue weighted by atomic mass is 15.3. The van der Waals surface area contributed by atoms with Crippen LogP contribution in [0.2, 0.25) is 0 Å². The molecule has 0 saturated carbocycles. The van der Waals surface area contributed by atoms with E-state index in [-0.39, 0.29) is 0 Å². The summed E-state index contributed by atoms with van der Waals surface area (Å²) in [4.78, 5) is 6.83. The number of hydrogen-bond donors (Lipinski definition) is 2. The van der Waals surface area contributed by atoms with E-state index in [2.05, 4.69) is 54.1 Å². The molecule has 102 valence electrons. The molecule has 4 nitrogen and oxygen atoms in total. The minimum Gasteiger partial charge on any atom is -0.357 e. The molecule has 2 unspecified atom stereocenters. The van der Waals surface area contributed by atoms with Gasteiger partial charge in [-0.25, -0.2) is 4.99 Å². The topological polar surface area (TPSA) is 39.7 Å². The first-order chi connectivity index (χ1) is 8.58. The molecule has 1 saturated heterocycles. The fourth-order valence-electron chi connectivity index (χ4n) is 2.23. The SMILES string of the molecule is C#CCN=C(NCC)NC1CN(C(C)C)CC1C. The van der Waals surface area contributed by atoms with Gasteiger partial charge in [-0.1, -0.05) is 12.8 Å². The second-order valence-electron chi connectivity index (χ2n) is 5.18. The van der Waals surface area contributed by atoms with Crippen LogP contribution in [0.1, 0.15) is 27.7 Å². The molecule has 0 radical (unpaired) electrons. The second kappa shape index (κ2) is 7.27. The number of aliphatic imine (C=N–C) groups is 1.